The van der Waals surface area contributed by atoms with E-state index in [1.54, 1.807) is 28.9 Å². The summed E-state index contributed by atoms with van der Waals surface area (Å²) in [6.45, 7) is 13.7. The van der Waals surface area contributed by atoms with Crippen LogP contribution in [-0.2, 0) is 11.3 Å². The average molecular weight is 567 g/mol. The Morgan fingerprint density at radius 2 is 1.87 bits per heavy atom. The molecule has 0 saturated heterocycles. The van der Waals surface area contributed by atoms with Crippen molar-refractivity contribution in [3.05, 3.63) is 64.2 Å². The van der Waals surface area contributed by atoms with E-state index >= 15 is 0 Å². The van der Waals surface area contributed by atoms with Crippen LogP contribution in [0.1, 0.15) is 74.9 Å². The Kier molecular flexibility index (Phi) is 9.76. The Bertz CT molecular complexity index is 1570. The van der Waals surface area contributed by atoms with Gasteiger partial charge in [0, 0.05) is 29.9 Å². The van der Waals surface area contributed by atoms with Crippen LogP contribution >= 0.6 is 22.7 Å². The molecule has 0 spiro atoms. The standard InChI is InChI=1S/C24H22N6O3S2.2C2H6/c1-24(2,3)33-22(32)18-17(14-6-8-34-12-14)28-20-15(5-4-7-30(18)20)21(31)27-11-13-9-16-19(26-10-13)29-23(25)35-16;2*1-2/h4-10,12H,11H2,1-3H3,(H,27,31)(H2,25,26,29);2*1-2H3. The number of nitrogens with zero attached hydrogens (tertiary/aromatic N) is 4. The predicted octanol–water partition coefficient (Wildman–Crippen LogP) is 6.59. The molecule has 9 nitrogen and oxygen atoms in total. The number of nitrogens with one attached hydrogen (secondary N) is 1. The van der Waals surface area contributed by atoms with Crippen molar-refractivity contribution >= 4 is 55.7 Å². The van der Waals surface area contributed by atoms with E-state index in [1.165, 1.54) is 22.7 Å². The highest BCUT2D eigenvalue weighted by Gasteiger charge is 2.28. The number of nitrogen functional groups attached to an aromatic ring is 1. The zero-order valence-corrected chi connectivity index (χ0v) is 24.9. The maximum absolute atomic E-state index is 13.2. The zero-order chi connectivity index (χ0) is 28.7. The van der Waals surface area contributed by atoms with E-state index < -0.39 is 11.6 Å². The lowest BCUT2D eigenvalue weighted by Gasteiger charge is -2.19. The van der Waals surface area contributed by atoms with Gasteiger partial charge in [0.05, 0.1) is 10.3 Å². The summed E-state index contributed by atoms with van der Waals surface area (Å²) in [4.78, 5) is 39.5. The Morgan fingerprint density at radius 3 is 2.54 bits per heavy atom. The highest BCUT2D eigenvalue weighted by Crippen LogP contribution is 2.29. The molecular weight excluding hydrogens is 532 g/mol. The number of esters is 1. The van der Waals surface area contributed by atoms with E-state index in [0.29, 0.717) is 27.7 Å². The van der Waals surface area contributed by atoms with E-state index in [-0.39, 0.29) is 18.1 Å². The average Bonchev–Trinajstić information content (AvgIpc) is 3.65. The van der Waals surface area contributed by atoms with Gasteiger partial charge >= 0.3 is 5.97 Å². The lowest BCUT2D eigenvalue weighted by Crippen LogP contribution is -2.25. The second-order valence-electron chi connectivity index (χ2n) is 8.84. The topological polar surface area (TPSA) is 124 Å². The minimum absolute atomic E-state index is 0.262. The number of carbonyl (C=O) groups is 2. The molecule has 0 unspecified atom stereocenters. The van der Waals surface area contributed by atoms with Gasteiger partial charge in [-0.25, -0.2) is 19.7 Å². The van der Waals surface area contributed by atoms with Gasteiger partial charge in [0.2, 0.25) is 0 Å². The number of hydrogen-bond acceptors (Lipinski definition) is 9. The SMILES string of the molecule is CC.CC.CC(C)(C)OC(=O)c1c(-c2ccsc2)nc2c(C(=O)NCc3cnc4nc(N)sc4c3)cccn12. The van der Waals surface area contributed by atoms with Crippen molar-refractivity contribution in [2.75, 3.05) is 5.73 Å². The van der Waals surface area contributed by atoms with Crippen LogP contribution in [0.15, 0.2) is 47.4 Å². The largest absolute Gasteiger partial charge is 0.455 e. The maximum Gasteiger partial charge on any atom is 0.358 e. The Morgan fingerprint density at radius 1 is 1.13 bits per heavy atom. The number of imidazole rings is 1. The van der Waals surface area contributed by atoms with Gasteiger partial charge < -0.3 is 15.8 Å². The maximum atomic E-state index is 13.2. The molecule has 5 aromatic heterocycles. The Balaban J connectivity index is 0.00000100. The number of hydrogen-bond donors (Lipinski definition) is 2. The smallest absolute Gasteiger partial charge is 0.358 e. The highest BCUT2D eigenvalue weighted by atomic mass is 32.1. The first-order valence-corrected chi connectivity index (χ1v) is 14.5. The molecule has 0 bridgehead atoms. The third-order valence-corrected chi connectivity index (χ3v) is 6.56. The van der Waals surface area contributed by atoms with Crippen LogP contribution < -0.4 is 11.1 Å². The van der Waals surface area contributed by atoms with Crippen molar-refractivity contribution < 1.29 is 14.3 Å². The molecule has 0 aliphatic heterocycles. The fourth-order valence-electron chi connectivity index (χ4n) is 3.62. The van der Waals surface area contributed by atoms with Crippen LogP contribution in [0.4, 0.5) is 5.13 Å². The summed E-state index contributed by atoms with van der Waals surface area (Å²) in [5, 5.41) is 7.18. The lowest BCUT2D eigenvalue weighted by atomic mass is 10.1. The molecule has 39 heavy (non-hydrogen) atoms. The molecule has 5 rings (SSSR count). The van der Waals surface area contributed by atoms with Crippen LogP contribution in [0.3, 0.4) is 0 Å². The molecule has 3 N–H and O–H groups in total. The molecule has 0 atom stereocenters. The van der Waals surface area contributed by atoms with Gasteiger partial charge in [0.1, 0.15) is 11.3 Å². The number of thiophene rings is 1. The van der Waals surface area contributed by atoms with Crippen molar-refractivity contribution in [1.29, 1.82) is 0 Å². The van der Waals surface area contributed by atoms with Crippen LogP contribution in [0, 0.1) is 0 Å². The predicted molar refractivity (Wildman–Crippen MR) is 159 cm³/mol. The van der Waals surface area contributed by atoms with Gasteiger partial charge in [-0.1, -0.05) is 39.0 Å². The van der Waals surface area contributed by atoms with E-state index in [2.05, 4.69) is 15.3 Å². The van der Waals surface area contributed by atoms with Crippen LogP contribution in [0.5, 0.6) is 0 Å². The summed E-state index contributed by atoms with van der Waals surface area (Å²) in [5.74, 6) is -0.830. The first-order valence-electron chi connectivity index (χ1n) is 12.8. The fraction of sp³-hybridized carbons (Fsp3) is 0.321. The molecular formula is C28H34N6O3S2. The second-order valence-corrected chi connectivity index (χ2v) is 10.7. The van der Waals surface area contributed by atoms with E-state index in [4.69, 9.17) is 15.5 Å². The highest BCUT2D eigenvalue weighted by molar-refractivity contribution is 7.22. The number of anilines is 1. The summed E-state index contributed by atoms with van der Waals surface area (Å²) >= 11 is 2.84. The fourth-order valence-corrected chi connectivity index (χ4v) is 5.02. The zero-order valence-electron chi connectivity index (χ0n) is 23.2. The number of carbonyl (C=O) groups excluding carboxylic acids is 2. The van der Waals surface area contributed by atoms with Crippen LogP contribution in [0.2, 0.25) is 0 Å². The molecule has 0 fully saturated rings. The monoisotopic (exact) mass is 566 g/mol. The third kappa shape index (κ3) is 6.79. The van der Waals surface area contributed by atoms with Gasteiger partial charge in [0.25, 0.3) is 5.91 Å². The molecule has 0 aliphatic rings. The van der Waals surface area contributed by atoms with Gasteiger partial charge in [-0.2, -0.15) is 11.3 Å². The normalized spacial score (nSPS) is 10.8. The van der Waals surface area contributed by atoms with Gasteiger partial charge in [-0.05, 0) is 56.0 Å². The number of fused-ring (bicyclic) bond motifs is 2. The van der Waals surface area contributed by atoms with E-state index in [9.17, 15) is 9.59 Å². The third-order valence-electron chi connectivity index (χ3n) is 5.05. The van der Waals surface area contributed by atoms with Crippen molar-refractivity contribution in [3.8, 4) is 11.3 Å². The van der Waals surface area contributed by atoms with E-state index in [0.717, 1.165) is 15.8 Å². The van der Waals surface area contributed by atoms with Crippen molar-refractivity contribution in [3.63, 3.8) is 0 Å². The Hall–Kier alpha value is -3.83. The summed E-state index contributed by atoms with van der Waals surface area (Å²) in [5.41, 5.74) is 8.72. The summed E-state index contributed by atoms with van der Waals surface area (Å²) in [6, 6.07) is 7.18. The minimum atomic E-state index is -0.681. The molecule has 1 amide bonds. The number of ether oxygens (including phenoxy) is 1. The molecule has 0 saturated carbocycles. The first kappa shape index (κ1) is 29.7. The van der Waals surface area contributed by atoms with Crippen molar-refractivity contribution in [1.82, 2.24) is 24.7 Å². The number of amides is 1. The van der Waals surface area contributed by atoms with Gasteiger partial charge in [-0.15, -0.1) is 0 Å². The molecule has 0 aromatic carbocycles. The quantitative estimate of drug-likeness (QED) is 0.230. The van der Waals surface area contributed by atoms with Crippen molar-refractivity contribution in [2.24, 2.45) is 0 Å². The minimum Gasteiger partial charge on any atom is -0.455 e. The molecule has 11 heteroatoms. The number of rotatable bonds is 5. The molecule has 0 aliphatic carbocycles. The first-order chi connectivity index (χ1) is 18.7. The van der Waals surface area contributed by atoms with Crippen molar-refractivity contribution in [2.45, 2.75) is 60.6 Å². The van der Waals surface area contributed by atoms with Crippen LogP contribution in [0.25, 0.3) is 27.3 Å². The summed E-state index contributed by atoms with van der Waals surface area (Å²) in [6.07, 6.45) is 3.37. The van der Waals surface area contributed by atoms with E-state index in [1.807, 2.05) is 71.4 Å². The van der Waals surface area contributed by atoms with Crippen LogP contribution in [-0.4, -0.2) is 36.8 Å². The number of thiazole rings is 1. The molecule has 5 heterocycles. The molecule has 206 valence electrons. The number of aromatic nitrogens is 4. The summed E-state index contributed by atoms with van der Waals surface area (Å²) in [7, 11) is 0. The second kappa shape index (κ2) is 12.8. The van der Waals surface area contributed by atoms with Gasteiger partial charge in [-0.3, -0.25) is 9.20 Å². The number of pyridine rings is 2. The summed E-state index contributed by atoms with van der Waals surface area (Å²) < 4.78 is 8.12. The van der Waals surface area contributed by atoms with Gasteiger partial charge in [0.15, 0.2) is 22.1 Å². The lowest BCUT2D eigenvalue weighted by molar-refractivity contribution is 0.00625. The number of nitrogens with two attached hydrogens (primary N) is 1. The molecule has 0 radical (unpaired) electrons. The molecule has 5 aromatic rings. The Labute approximate surface area is 236 Å².